The highest BCUT2D eigenvalue weighted by atomic mass is 16.5. The minimum atomic E-state index is -0.641. The minimum Gasteiger partial charge on any atom is -0.508 e. The van der Waals surface area contributed by atoms with Crippen LogP contribution in [-0.2, 0) is 27.2 Å². The second-order valence-corrected chi connectivity index (χ2v) is 9.92. The van der Waals surface area contributed by atoms with E-state index in [2.05, 4.69) is 0 Å². The van der Waals surface area contributed by atoms with Crippen molar-refractivity contribution in [2.75, 3.05) is 0 Å². The van der Waals surface area contributed by atoms with Crippen molar-refractivity contribution in [2.24, 2.45) is 5.41 Å². The van der Waals surface area contributed by atoms with Crippen LogP contribution in [0.3, 0.4) is 0 Å². The first kappa shape index (κ1) is 24.4. The van der Waals surface area contributed by atoms with E-state index in [-0.39, 0.29) is 17.1 Å². The monoisotopic (exact) mass is 446 g/mol. The highest BCUT2D eigenvalue weighted by molar-refractivity contribution is 5.77. The van der Waals surface area contributed by atoms with Gasteiger partial charge in [-0.05, 0) is 87.8 Å². The summed E-state index contributed by atoms with van der Waals surface area (Å²) in [6, 6.07) is 3.40. The first-order valence-corrected chi connectivity index (χ1v) is 12.3. The second kappa shape index (κ2) is 11.1. The number of rotatable bonds is 17. The zero-order valence-corrected chi connectivity index (χ0v) is 19.1. The van der Waals surface area contributed by atoms with Crippen LogP contribution in [-0.4, -0.2) is 33.4 Å². The van der Waals surface area contributed by atoms with Crippen LogP contribution in [0.4, 0.5) is 0 Å². The van der Waals surface area contributed by atoms with Gasteiger partial charge in [-0.25, -0.2) is 0 Å². The summed E-state index contributed by atoms with van der Waals surface area (Å²) in [5.41, 5.74) is 1.18. The molecule has 2 fully saturated rings. The summed E-state index contributed by atoms with van der Waals surface area (Å²) in [7, 11) is 0. The molecule has 0 aliphatic heterocycles. The Hall–Kier alpha value is -2.24. The number of phenolic OH excluding ortho intramolecular Hbond substituents is 2. The molecule has 0 bridgehead atoms. The molecule has 6 heteroatoms. The molecule has 0 heterocycles. The zero-order valence-electron chi connectivity index (χ0n) is 19.1. The normalized spacial score (nSPS) is 17.6. The molecule has 0 saturated heterocycles. The van der Waals surface area contributed by atoms with Crippen LogP contribution in [0.15, 0.2) is 12.1 Å². The Morgan fingerprint density at radius 2 is 1.34 bits per heavy atom. The number of unbranched alkanes of at least 4 members (excludes halogenated alkanes) is 6. The van der Waals surface area contributed by atoms with Crippen molar-refractivity contribution < 1.29 is 29.6 Å². The van der Waals surface area contributed by atoms with Gasteiger partial charge in [-0.1, -0.05) is 32.1 Å². The molecule has 178 valence electrons. The second-order valence-electron chi connectivity index (χ2n) is 9.92. The summed E-state index contributed by atoms with van der Waals surface area (Å²) in [6.45, 7) is 0.570. The standard InChI is InChI=1S/C26H38O6/c27-19-32-26(15-16-26)12-8-4-2-6-10-21-17-20(22(28)18-23(21)29)9-5-1-3-7-11-25(13-14-25)24(30)31/h17-19,28-29H,1-16H2,(H,30,31). The number of carboxylic acid groups (broad SMARTS) is 1. The first-order chi connectivity index (χ1) is 15.4. The van der Waals surface area contributed by atoms with Crippen LogP contribution in [0.25, 0.3) is 0 Å². The Morgan fingerprint density at radius 1 is 0.812 bits per heavy atom. The maximum Gasteiger partial charge on any atom is 0.309 e. The van der Waals surface area contributed by atoms with Crippen molar-refractivity contribution in [3.05, 3.63) is 23.3 Å². The van der Waals surface area contributed by atoms with Crippen molar-refractivity contribution in [3.63, 3.8) is 0 Å². The largest absolute Gasteiger partial charge is 0.508 e. The number of phenols is 2. The predicted molar refractivity (Wildman–Crippen MR) is 122 cm³/mol. The van der Waals surface area contributed by atoms with Gasteiger partial charge in [0.05, 0.1) is 5.41 Å². The molecule has 32 heavy (non-hydrogen) atoms. The summed E-state index contributed by atoms with van der Waals surface area (Å²) in [4.78, 5) is 21.7. The number of carboxylic acids is 1. The van der Waals surface area contributed by atoms with Gasteiger partial charge in [-0.3, -0.25) is 9.59 Å². The topological polar surface area (TPSA) is 104 Å². The fourth-order valence-corrected chi connectivity index (χ4v) is 4.71. The summed E-state index contributed by atoms with van der Waals surface area (Å²) in [5.74, 6) is -0.331. The van der Waals surface area contributed by atoms with Crippen LogP contribution >= 0.6 is 0 Å². The molecule has 2 aliphatic rings. The van der Waals surface area contributed by atoms with Crippen LogP contribution in [0.1, 0.15) is 101 Å². The number of benzene rings is 1. The maximum absolute atomic E-state index is 11.2. The van der Waals surface area contributed by atoms with Gasteiger partial charge >= 0.3 is 5.97 Å². The molecule has 0 atom stereocenters. The van der Waals surface area contributed by atoms with Gasteiger partial charge in [0.25, 0.3) is 6.47 Å². The van der Waals surface area contributed by atoms with E-state index in [9.17, 15) is 24.9 Å². The Morgan fingerprint density at radius 3 is 1.81 bits per heavy atom. The van der Waals surface area contributed by atoms with Gasteiger partial charge in [0.2, 0.25) is 0 Å². The average molecular weight is 447 g/mol. The first-order valence-electron chi connectivity index (χ1n) is 12.3. The summed E-state index contributed by atoms with van der Waals surface area (Å²) < 4.78 is 5.18. The third-order valence-electron chi connectivity index (χ3n) is 7.37. The summed E-state index contributed by atoms with van der Waals surface area (Å²) in [6.07, 6.45) is 15.0. The third kappa shape index (κ3) is 6.88. The quantitative estimate of drug-likeness (QED) is 0.211. The van der Waals surface area contributed by atoms with Crippen LogP contribution in [0.5, 0.6) is 11.5 Å². The number of aromatic hydroxyl groups is 2. The van der Waals surface area contributed by atoms with Crippen molar-refractivity contribution in [2.45, 2.75) is 108 Å². The molecular weight excluding hydrogens is 408 g/mol. The van der Waals surface area contributed by atoms with E-state index >= 15 is 0 Å². The maximum atomic E-state index is 11.2. The fraction of sp³-hybridized carbons (Fsp3) is 0.692. The van der Waals surface area contributed by atoms with Crippen molar-refractivity contribution in [3.8, 4) is 11.5 Å². The molecular formula is C26H38O6. The van der Waals surface area contributed by atoms with E-state index in [1.165, 1.54) is 6.07 Å². The molecule has 0 spiro atoms. The molecule has 0 radical (unpaired) electrons. The number of ether oxygens (including phenoxy) is 1. The molecule has 1 aromatic rings. The highest BCUT2D eigenvalue weighted by Crippen LogP contribution is 2.50. The number of hydrogen-bond acceptors (Lipinski definition) is 5. The van der Waals surface area contributed by atoms with Crippen molar-refractivity contribution in [1.29, 1.82) is 0 Å². The van der Waals surface area contributed by atoms with Gasteiger partial charge in [0.1, 0.15) is 17.1 Å². The summed E-state index contributed by atoms with van der Waals surface area (Å²) >= 11 is 0. The zero-order chi connectivity index (χ0) is 23.0. The van der Waals surface area contributed by atoms with Gasteiger partial charge in [0.15, 0.2) is 0 Å². The van der Waals surface area contributed by atoms with E-state index in [1.54, 1.807) is 0 Å². The highest BCUT2D eigenvalue weighted by Gasteiger charge is 2.49. The average Bonchev–Trinajstić information content (AvgIpc) is 3.67. The minimum absolute atomic E-state index is 0.152. The van der Waals surface area contributed by atoms with E-state index in [0.29, 0.717) is 6.47 Å². The van der Waals surface area contributed by atoms with E-state index in [0.717, 1.165) is 114 Å². The van der Waals surface area contributed by atoms with E-state index < -0.39 is 11.4 Å². The number of aliphatic carboxylic acids is 1. The SMILES string of the molecule is O=COC1(CCCCCCc2cc(CCCCCCC3(C(=O)O)CC3)c(O)cc2O)CC1. The third-order valence-corrected chi connectivity index (χ3v) is 7.37. The Labute approximate surface area is 191 Å². The number of carbonyl (C=O) groups is 2. The number of hydrogen-bond donors (Lipinski definition) is 3. The smallest absolute Gasteiger partial charge is 0.309 e. The molecule has 0 amide bonds. The Balaban J connectivity index is 1.32. The molecule has 2 saturated carbocycles. The van der Waals surface area contributed by atoms with Crippen LogP contribution < -0.4 is 0 Å². The fourth-order valence-electron chi connectivity index (χ4n) is 4.71. The van der Waals surface area contributed by atoms with Gasteiger partial charge in [-0.15, -0.1) is 0 Å². The molecule has 2 aliphatic carbocycles. The van der Waals surface area contributed by atoms with Crippen molar-refractivity contribution in [1.82, 2.24) is 0 Å². The van der Waals surface area contributed by atoms with E-state index in [4.69, 9.17) is 4.74 Å². The van der Waals surface area contributed by atoms with Crippen molar-refractivity contribution >= 4 is 12.4 Å². The lowest BCUT2D eigenvalue weighted by molar-refractivity contribution is -0.143. The number of carbonyl (C=O) groups excluding carboxylic acids is 1. The molecule has 3 N–H and O–H groups in total. The van der Waals surface area contributed by atoms with E-state index in [1.807, 2.05) is 6.07 Å². The van der Waals surface area contributed by atoms with Gasteiger partial charge in [0, 0.05) is 6.07 Å². The summed E-state index contributed by atoms with van der Waals surface area (Å²) in [5, 5.41) is 29.6. The predicted octanol–water partition coefficient (Wildman–Crippen LogP) is 5.65. The lowest BCUT2D eigenvalue weighted by Gasteiger charge is -2.13. The number of aryl methyl sites for hydroxylation is 2. The Kier molecular flexibility index (Phi) is 8.44. The Bertz CT molecular complexity index is 779. The molecule has 6 nitrogen and oxygen atoms in total. The lowest BCUT2D eigenvalue weighted by Crippen LogP contribution is -2.14. The van der Waals surface area contributed by atoms with Crippen LogP contribution in [0, 0.1) is 5.41 Å². The van der Waals surface area contributed by atoms with Gasteiger partial charge < -0.3 is 20.1 Å². The molecule has 0 aromatic heterocycles. The van der Waals surface area contributed by atoms with Crippen LogP contribution in [0.2, 0.25) is 0 Å². The van der Waals surface area contributed by atoms with Gasteiger partial charge in [-0.2, -0.15) is 0 Å². The molecule has 3 rings (SSSR count). The molecule has 1 aromatic carbocycles. The molecule has 0 unspecified atom stereocenters. The lowest BCUT2D eigenvalue weighted by atomic mass is 9.96.